The van der Waals surface area contributed by atoms with E-state index in [0.29, 0.717) is 19.3 Å². The second-order valence-electron chi connectivity index (χ2n) is 20.2. The van der Waals surface area contributed by atoms with E-state index in [1.165, 1.54) is 154 Å². The molecule has 410 valence electrons. The van der Waals surface area contributed by atoms with Crippen molar-refractivity contribution in [3.8, 4) is 0 Å². The van der Waals surface area contributed by atoms with Gasteiger partial charge < -0.3 is 14.2 Å². The van der Waals surface area contributed by atoms with Crippen LogP contribution in [0, 0.1) is 0 Å². The number of esters is 3. The lowest BCUT2D eigenvalue weighted by molar-refractivity contribution is -0.167. The van der Waals surface area contributed by atoms with E-state index in [-0.39, 0.29) is 31.1 Å². The van der Waals surface area contributed by atoms with Gasteiger partial charge in [0.2, 0.25) is 0 Å². The van der Waals surface area contributed by atoms with Crippen LogP contribution in [-0.4, -0.2) is 37.2 Å². The third kappa shape index (κ3) is 57.6. The van der Waals surface area contributed by atoms with Crippen LogP contribution in [0.15, 0.2) is 72.9 Å². The maximum atomic E-state index is 12.9. The van der Waals surface area contributed by atoms with Crippen molar-refractivity contribution in [3.63, 3.8) is 0 Å². The summed E-state index contributed by atoms with van der Waals surface area (Å²) in [4.78, 5) is 38.2. The van der Waals surface area contributed by atoms with Gasteiger partial charge >= 0.3 is 17.9 Å². The summed E-state index contributed by atoms with van der Waals surface area (Å²) in [6, 6.07) is 0. The van der Waals surface area contributed by atoms with Crippen molar-refractivity contribution in [1.29, 1.82) is 0 Å². The minimum absolute atomic E-state index is 0.0794. The van der Waals surface area contributed by atoms with Crippen LogP contribution in [0.2, 0.25) is 0 Å². The highest BCUT2D eigenvalue weighted by Crippen LogP contribution is 2.16. The van der Waals surface area contributed by atoms with Gasteiger partial charge in [0.05, 0.1) is 0 Å². The van der Waals surface area contributed by atoms with Crippen molar-refractivity contribution in [1.82, 2.24) is 0 Å². The number of unbranched alkanes of at least 4 members (excludes halogenated alkanes) is 32. The predicted molar refractivity (Wildman–Crippen MR) is 307 cm³/mol. The lowest BCUT2D eigenvalue weighted by atomic mass is 10.0. The van der Waals surface area contributed by atoms with Crippen LogP contribution >= 0.6 is 0 Å². The average Bonchev–Trinajstić information content (AvgIpc) is 3.37. The lowest BCUT2D eigenvalue weighted by Gasteiger charge is -2.18. The zero-order valence-electron chi connectivity index (χ0n) is 47.0. The minimum Gasteiger partial charge on any atom is -0.462 e. The van der Waals surface area contributed by atoms with Gasteiger partial charge in [-0.25, -0.2) is 0 Å². The fraction of sp³-hybridized carbons (Fsp3) is 0.769. The molecule has 0 aromatic rings. The Hall–Kier alpha value is -3.15. The smallest absolute Gasteiger partial charge is 0.306 e. The normalized spacial score (nSPS) is 12.5. The Bertz CT molecular complexity index is 1320. The quantitative estimate of drug-likeness (QED) is 0.0261. The van der Waals surface area contributed by atoms with Crippen molar-refractivity contribution >= 4 is 17.9 Å². The molecule has 0 aliphatic heterocycles. The number of allylic oxidation sites excluding steroid dienone is 12. The molecule has 71 heavy (non-hydrogen) atoms. The molecule has 0 aliphatic rings. The topological polar surface area (TPSA) is 78.9 Å². The molecular formula is C65H114O6. The molecule has 6 heteroatoms. The Morgan fingerprint density at radius 3 is 0.873 bits per heavy atom. The van der Waals surface area contributed by atoms with Crippen molar-refractivity contribution < 1.29 is 28.6 Å². The standard InChI is InChI=1S/C65H114O6/c1-4-7-10-13-16-19-22-25-28-30-31-32-33-34-35-36-38-40-43-46-49-52-55-58-64(67)70-61-62(60-69-63(66)57-54-51-48-45-42-39-27-24-21-18-15-12-9-6-3)71-65(68)59-56-53-50-47-44-41-37-29-26-23-20-17-14-11-8-5-2/h7,10,16,19-20,23,25,28-29,31-32,37,62H,4-6,8-9,11-15,17-18,21-22,24,26-27,30,33-36,38-61H2,1-3H3/b10-7-,19-16-,23-20-,28-25-,32-31-,37-29-. The first kappa shape index (κ1) is 67.8. The predicted octanol–water partition coefficient (Wildman–Crippen LogP) is 20.5. The molecule has 0 heterocycles. The van der Waals surface area contributed by atoms with Crippen LogP contribution < -0.4 is 0 Å². The summed E-state index contributed by atoms with van der Waals surface area (Å²) >= 11 is 0. The zero-order chi connectivity index (χ0) is 51.4. The fourth-order valence-corrected chi connectivity index (χ4v) is 8.64. The van der Waals surface area contributed by atoms with E-state index >= 15 is 0 Å². The van der Waals surface area contributed by atoms with E-state index < -0.39 is 6.10 Å². The highest BCUT2D eigenvalue weighted by atomic mass is 16.6. The second kappa shape index (κ2) is 59.4. The molecule has 0 aliphatic carbocycles. The third-order valence-electron chi connectivity index (χ3n) is 13.2. The van der Waals surface area contributed by atoms with Gasteiger partial charge in [-0.1, -0.05) is 267 Å². The van der Waals surface area contributed by atoms with E-state index in [1.807, 2.05) is 0 Å². The Balaban J connectivity index is 4.34. The van der Waals surface area contributed by atoms with E-state index in [1.54, 1.807) is 0 Å². The molecule has 0 N–H and O–H groups in total. The molecule has 0 radical (unpaired) electrons. The van der Waals surface area contributed by atoms with E-state index in [0.717, 1.165) is 109 Å². The first-order valence-corrected chi connectivity index (χ1v) is 30.4. The molecular weight excluding hydrogens is 877 g/mol. The number of ether oxygens (including phenoxy) is 3. The summed E-state index contributed by atoms with van der Waals surface area (Å²) in [6.07, 6.45) is 76.1. The van der Waals surface area contributed by atoms with Gasteiger partial charge in [0.15, 0.2) is 6.10 Å². The van der Waals surface area contributed by atoms with Crippen LogP contribution in [0.1, 0.15) is 303 Å². The first-order valence-electron chi connectivity index (χ1n) is 30.4. The monoisotopic (exact) mass is 991 g/mol. The summed E-state index contributed by atoms with van der Waals surface area (Å²) in [6.45, 7) is 6.53. The number of carbonyl (C=O) groups is 3. The fourth-order valence-electron chi connectivity index (χ4n) is 8.64. The van der Waals surface area contributed by atoms with Crippen LogP contribution in [-0.2, 0) is 28.6 Å². The van der Waals surface area contributed by atoms with Gasteiger partial charge in [-0.3, -0.25) is 14.4 Å². The van der Waals surface area contributed by atoms with E-state index in [9.17, 15) is 14.4 Å². The molecule has 0 spiro atoms. The van der Waals surface area contributed by atoms with Gasteiger partial charge in [-0.15, -0.1) is 0 Å². The molecule has 0 aromatic heterocycles. The molecule has 0 rings (SSSR count). The Kier molecular flexibility index (Phi) is 56.8. The summed E-state index contributed by atoms with van der Waals surface area (Å²) in [5.41, 5.74) is 0. The molecule has 0 saturated heterocycles. The first-order chi connectivity index (χ1) is 35.0. The number of carbonyl (C=O) groups excluding carboxylic acids is 3. The van der Waals surface area contributed by atoms with Gasteiger partial charge in [-0.05, 0) is 89.9 Å². The Morgan fingerprint density at radius 2 is 0.549 bits per heavy atom. The van der Waals surface area contributed by atoms with Crippen molar-refractivity contribution in [2.45, 2.75) is 309 Å². The molecule has 0 saturated carbocycles. The zero-order valence-corrected chi connectivity index (χ0v) is 47.0. The van der Waals surface area contributed by atoms with E-state index in [4.69, 9.17) is 14.2 Å². The van der Waals surface area contributed by atoms with Gasteiger partial charge in [0.1, 0.15) is 13.2 Å². The SMILES string of the molecule is CC/C=C\C/C=C\C/C=C\C/C=C\CCCCCCCCCCCCC(=O)OCC(COC(=O)CCCCCCCCCCCCCCCC)OC(=O)CCCCCCC/C=C\C/C=C\CCCCCC. The van der Waals surface area contributed by atoms with Gasteiger partial charge in [0.25, 0.3) is 0 Å². The molecule has 1 unspecified atom stereocenters. The largest absolute Gasteiger partial charge is 0.462 e. The molecule has 0 aromatic carbocycles. The lowest BCUT2D eigenvalue weighted by Crippen LogP contribution is -2.30. The summed E-state index contributed by atoms with van der Waals surface area (Å²) in [7, 11) is 0. The molecule has 0 amide bonds. The maximum Gasteiger partial charge on any atom is 0.306 e. The van der Waals surface area contributed by atoms with Gasteiger partial charge in [0, 0.05) is 19.3 Å². The van der Waals surface area contributed by atoms with Crippen molar-refractivity contribution in [2.75, 3.05) is 13.2 Å². The third-order valence-corrected chi connectivity index (χ3v) is 13.2. The van der Waals surface area contributed by atoms with Crippen LogP contribution in [0.3, 0.4) is 0 Å². The average molecular weight is 992 g/mol. The highest BCUT2D eigenvalue weighted by molar-refractivity contribution is 5.71. The summed E-state index contributed by atoms with van der Waals surface area (Å²) in [5, 5.41) is 0. The molecule has 0 bridgehead atoms. The van der Waals surface area contributed by atoms with E-state index in [2.05, 4.69) is 93.7 Å². The van der Waals surface area contributed by atoms with Crippen LogP contribution in [0.25, 0.3) is 0 Å². The summed E-state index contributed by atoms with van der Waals surface area (Å²) in [5.74, 6) is -0.885. The highest BCUT2D eigenvalue weighted by Gasteiger charge is 2.19. The minimum atomic E-state index is -0.783. The molecule has 6 nitrogen and oxygen atoms in total. The molecule has 1 atom stereocenters. The maximum absolute atomic E-state index is 12.9. The van der Waals surface area contributed by atoms with Crippen LogP contribution in [0.4, 0.5) is 0 Å². The Morgan fingerprint density at radius 1 is 0.296 bits per heavy atom. The molecule has 0 fully saturated rings. The van der Waals surface area contributed by atoms with Crippen molar-refractivity contribution in [3.05, 3.63) is 72.9 Å². The van der Waals surface area contributed by atoms with Crippen LogP contribution in [0.5, 0.6) is 0 Å². The number of hydrogen-bond donors (Lipinski definition) is 0. The summed E-state index contributed by atoms with van der Waals surface area (Å²) < 4.78 is 16.9. The number of hydrogen-bond acceptors (Lipinski definition) is 6. The Labute approximate surface area is 440 Å². The number of rotatable bonds is 55. The second-order valence-corrected chi connectivity index (χ2v) is 20.2. The van der Waals surface area contributed by atoms with Crippen molar-refractivity contribution in [2.24, 2.45) is 0 Å². The van der Waals surface area contributed by atoms with Gasteiger partial charge in [-0.2, -0.15) is 0 Å².